The van der Waals surface area contributed by atoms with Gasteiger partial charge < -0.3 is 10.0 Å². The fourth-order valence-corrected chi connectivity index (χ4v) is 4.54. The Bertz CT molecular complexity index is 776. The molecule has 1 aromatic rings. The van der Waals surface area contributed by atoms with E-state index in [1.807, 2.05) is 12.1 Å². The lowest BCUT2D eigenvalue weighted by Gasteiger charge is -2.31. The molecule has 138 valence electrons. The van der Waals surface area contributed by atoms with E-state index < -0.39 is 12.5 Å². The summed E-state index contributed by atoms with van der Waals surface area (Å²) in [6.07, 6.45) is 6.36. The average molecular weight is 391 g/mol. The Balaban J connectivity index is 1.81. The van der Waals surface area contributed by atoms with Crippen molar-refractivity contribution >= 4 is 51.9 Å². The zero-order valence-electron chi connectivity index (χ0n) is 14.7. The maximum atomic E-state index is 12.4. The number of carbonyl (C=O) groups is 2. The second-order valence-electron chi connectivity index (χ2n) is 6.49. The normalized spacial score (nSPS) is 18.6. The van der Waals surface area contributed by atoms with Crippen LogP contribution in [-0.2, 0) is 16.0 Å². The molecule has 0 aliphatic carbocycles. The van der Waals surface area contributed by atoms with Crippen LogP contribution in [0.25, 0.3) is 6.08 Å². The maximum Gasteiger partial charge on any atom is 0.323 e. The minimum Gasteiger partial charge on any atom is -0.480 e. The van der Waals surface area contributed by atoms with E-state index in [2.05, 4.69) is 24.0 Å². The van der Waals surface area contributed by atoms with E-state index in [4.69, 9.17) is 17.3 Å². The van der Waals surface area contributed by atoms with Crippen molar-refractivity contribution in [1.82, 2.24) is 4.90 Å². The van der Waals surface area contributed by atoms with Gasteiger partial charge in [-0.2, -0.15) is 0 Å². The van der Waals surface area contributed by atoms with Crippen LogP contribution in [0.3, 0.4) is 0 Å². The number of hydrogen-bond acceptors (Lipinski definition) is 5. The molecule has 1 fully saturated rings. The Labute approximate surface area is 163 Å². The first-order chi connectivity index (χ1) is 12.5. The smallest absolute Gasteiger partial charge is 0.323 e. The van der Waals surface area contributed by atoms with Crippen molar-refractivity contribution in [1.29, 1.82) is 0 Å². The van der Waals surface area contributed by atoms with Crippen LogP contribution in [0.5, 0.6) is 0 Å². The predicted molar refractivity (Wildman–Crippen MR) is 109 cm³/mol. The first-order valence-corrected chi connectivity index (χ1v) is 10.1. The average Bonchev–Trinajstić information content (AvgIpc) is 2.86. The number of aliphatic carboxylic acids is 1. The molecule has 0 atom stereocenters. The highest BCUT2D eigenvalue weighted by molar-refractivity contribution is 8.26. The number of hydrogen-bond donors (Lipinski definition) is 1. The molecule has 0 saturated carbocycles. The van der Waals surface area contributed by atoms with Crippen molar-refractivity contribution in [2.24, 2.45) is 0 Å². The van der Waals surface area contributed by atoms with Crippen LogP contribution < -0.4 is 4.90 Å². The second-order valence-corrected chi connectivity index (χ2v) is 8.17. The molecule has 7 heteroatoms. The third-order valence-electron chi connectivity index (χ3n) is 4.56. The first kappa shape index (κ1) is 18.9. The number of fused-ring (bicyclic) bond motifs is 1. The molecule has 1 N–H and O–H groups in total. The van der Waals surface area contributed by atoms with E-state index in [0.29, 0.717) is 9.23 Å². The van der Waals surface area contributed by atoms with Gasteiger partial charge >= 0.3 is 5.97 Å². The van der Waals surface area contributed by atoms with Crippen molar-refractivity contribution in [3.05, 3.63) is 34.2 Å². The zero-order valence-corrected chi connectivity index (χ0v) is 16.4. The summed E-state index contributed by atoms with van der Waals surface area (Å²) in [5, 5.41) is 8.92. The van der Waals surface area contributed by atoms with Gasteiger partial charge in [-0.05, 0) is 48.6 Å². The van der Waals surface area contributed by atoms with Gasteiger partial charge in [0.05, 0.1) is 4.91 Å². The van der Waals surface area contributed by atoms with E-state index in [1.165, 1.54) is 24.1 Å². The number of benzene rings is 1. The number of aryl methyl sites for hydroxylation is 1. The van der Waals surface area contributed by atoms with Crippen LogP contribution in [0.2, 0.25) is 0 Å². The van der Waals surface area contributed by atoms with Gasteiger partial charge in [-0.3, -0.25) is 14.5 Å². The summed E-state index contributed by atoms with van der Waals surface area (Å²) >= 11 is 6.30. The Hall–Kier alpha value is -1.86. The number of anilines is 1. The van der Waals surface area contributed by atoms with Gasteiger partial charge in [0.25, 0.3) is 5.91 Å². The van der Waals surface area contributed by atoms with Gasteiger partial charge in [0.15, 0.2) is 0 Å². The van der Waals surface area contributed by atoms with E-state index in [9.17, 15) is 9.59 Å². The van der Waals surface area contributed by atoms with Crippen molar-refractivity contribution in [2.45, 2.75) is 32.6 Å². The van der Waals surface area contributed by atoms with Crippen LogP contribution in [0.15, 0.2) is 23.1 Å². The van der Waals surface area contributed by atoms with Gasteiger partial charge in [0, 0.05) is 18.8 Å². The Morgan fingerprint density at radius 1 is 1.42 bits per heavy atom. The highest BCUT2D eigenvalue weighted by Gasteiger charge is 2.33. The third kappa shape index (κ3) is 4.10. The third-order valence-corrected chi connectivity index (χ3v) is 5.94. The van der Waals surface area contributed by atoms with Gasteiger partial charge in [-0.1, -0.05) is 43.4 Å². The number of nitrogens with zero attached hydrogens (tertiary/aromatic N) is 2. The largest absolute Gasteiger partial charge is 0.480 e. The summed E-state index contributed by atoms with van der Waals surface area (Å²) in [6, 6.07) is 6.29. The molecule has 3 rings (SSSR count). The fourth-order valence-electron chi connectivity index (χ4n) is 3.29. The molecular formula is C19H22N2O3S2. The minimum absolute atomic E-state index is 0.298. The molecule has 26 heavy (non-hydrogen) atoms. The van der Waals surface area contributed by atoms with E-state index in [-0.39, 0.29) is 5.91 Å². The Morgan fingerprint density at radius 3 is 2.96 bits per heavy atom. The summed E-state index contributed by atoms with van der Waals surface area (Å²) in [4.78, 5) is 27.3. The highest BCUT2D eigenvalue weighted by atomic mass is 32.2. The summed E-state index contributed by atoms with van der Waals surface area (Å²) in [6.45, 7) is 3.99. The molecule has 2 heterocycles. The standard InChI is InChI=1S/C19H22N2O3S2/c1-2-3-8-20-9-4-5-14-10-13(6-7-15(14)20)11-16-18(24)21(12-17(22)23)19(25)26-16/h6-7,10-11H,2-5,8-9,12H2,1H3,(H,22,23). The van der Waals surface area contributed by atoms with Crippen LogP contribution >= 0.6 is 24.0 Å². The van der Waals surface area contributed by atoms with E-state index >= 15 is 0 Å². The minimum atomic E-state index is -1.07. The lowest BCUT2D eigenvalue weighted by molar-refractivity contribution is -0.140. The lowest BCUT2D eigenvalue weighted by atomic mass is 9.98. The number of unbranched alkanes of at least 4 members (excludes halogenated alkanes) is 1. The van der Waals surface area contributed by atoms with Crippen LogP contribution in [0.1, 0.15) is 37.3 Å². The number of carboxylic acids is 1. The second kappa shape index (κ2) is 8.22. The molecule has 1 aromatic carbocycles. The lowest BCUT2D eigenvalue weighted by Crippen LogP contribution is -2.33. The number of carbonyl (C=O) groups excluding carboxylic acids is 1. The van der Waals surface area contributed by atoms with E-state index in [0.717, 1.165) is 48.2 Å². The quantitative estimate of drug-likeness (QED) is 0.592. The maximum absolute atomic E-state index is 12.4. The summed E-state index contributed by atoms with van der Waals surface area (Å²) in [5.74, 6) is -1.40. The summed E-state index contributed by atoms with van der Waals surface area (Å²) < 4.78 is 0.298. The van der Waals surface area contributed by atoms with Gasteiger partial charge in [0.2, 0.25) is 0 Å². The van der Waals surface area contributed by atoms with Crippen LogP contribution in [-0.4, -0.2) is 45.8 Å². The molecule has 0 aromatic heterocycles. The number of rotatable bonds is 6. The molecule has 1 saturated heterocycles. The molecule has 0 bridgehead atoms. The fraction of sp³-hybridized carbons (Fsp3) is 0.421. The number of carboxylic acid groups (broad SMARTS) is 1. The van der Waals surface area contributed by atoms with Crippen molar-refractivity contribution < 1.29 is 14.7 Å². The molecule has 1 amide bonds. The Morgan fingerprint density at radius 2 is 2.23 bits per heavy atom. The topological polar surface area (TPSA) is 60.9 Å². The van der Waals surface area contributed by atoms with Crippen LogP contribution in [0, 0.1) is 0 Å². The van der Waals surface area contributed by atoms with E-state index in [1.54, 1.807) is 0 Å². The first-order valence-electron chi connectivity index (χ1n) is 8.84. The molecule has 0 radical (unpaired) electrons. The highest BCUT2D eigenvalue weighted by Crippen LogP contribution is 2.34. The van der Waals surface area contributed by atoms with Crippen molar-refractivity contribution in [3.8, 4) is 0 Å². The predicted octanol–water partition coefficient (Wildman–Crippen LogP) is 3.53. The van der Waals surface area contributed by atoms with Crippen LogP contribution in [0.4, 0.5) is 5.69 Å². The summed E-state index contributed by atoms with van der Waals surface area (Å²) in [7, 11) is 0. The van der Waals surface area contributed by atoms with Crippen molar-refractivity contribution in [2.75, 3.05) is 24.5 Å². The zero-order chi connectivity index (χ0) is 18.7. The number of amides is 1. The van der Waals surface area contributed by atoms with Gasteiger partial charge in [0.1, 0.15) is 10.9 Å². The summed E-state index contributed by atoms with van der Waals surface area (Å²) in [5.41, 5.74) is 3.55. The molecule has 5 nitrogen and oxygen atoms in total. The number of thiocarbonyl (C=S) groups is 1. The SMILES string of the molecule is CCCCN1CCCc2cc(C=C3SC(=S)N(CC(=O)O)C3=O)ccc21. The molecular weight excluding hydrogens is 368 g/mol. The monoisotopic (exact) mass is 390 g/mol. The van der Waals surface area contributed by atoms with Gasteiger partial charge in [-0.25, -0.2) is 0 Å². The number of thioether (sulfide) groups is 1. The van der Waals surface area contributed by atoms with Gasteiger partial charge in [-0.15, -0.1) is 0 Å². The Kier molecular flexibility index (Phi) is 5.98. The van der Waals surface area contributed by atoms with Crippen molar-refractivity contribution in [3.63, 3.8) is 0 Å². The molecule has 2 aliphatic heterocycles. The molecule has 0 spiro atoms. The molecule has 2 aliphatic rings. The molecule has 0 unspecified atom stereocenters.